The van der Waals surface area contributed by atoms with Gasteiger partial charge in [-0.3, -0.25) is 0 Å². The molecule has 0 bridgehead atoms. The van der Waals surface area contributed by atoms with Crippen LogP contribution in [0.15, 0.2) is 12.5 Å². The lowest BCUT2D eigenvalue weighted by molar-refractivity contribution is -0.139. The molecule has 100 valence electrons. The number of hydrogen-bond acceptors (Lipinski definition) is 3. The fourth-order valence-corrected chi connectivity index (χ4v) is 1.46. The fourth-order valence-electron chi connectivity index (χ4n) is 1.46. The number of carbonyl (C=O) groups is 2. The summed E-state index contributed by atoms with van der Waals surface area (Å²) in [5.41, 5.74) is 0.751. The number of aromatic nitrogens is 2. The summed E-state index contributed by atoms with van der Waals surface area (Å²) < 4.78 is 0. The summed E-state index contributed by atoms with van der Waals surface area (Å²) in [6.45, 7) is 4.08. The van der Waals surface area contributed by atoms with Crippen LogP contribution in [0.1, 0.15) is 26.0 Å². The van der Waals surface area contributed by atoms with Gasteiger partial charge in [-0.25, -0.2) is 14.6 Å². The standard InChI is InChI=1S/C11H18N4O3/c1-7(2)3-9(10(16)17)15-11(18)13-5-8-4-12-6-14-8/h4,6-7,9H,3,5H2,1-2H3,(H,12,14)(H,16,17)(H2,13,15,18)/t9-/m1/s1. The van der Waals surface area contributed by atoms with Crippen LogP contribution in [-0.4, -0.2) is 33.1 Å². The summed E-state index contributed by atoms with van der Waals surface area (Å²) in [7, 11) is 0. The monoisotopic (exact) mass is 254 g/mol. The van der Waals surface area contributed by atoms with Crippen LogP contribution < -0.4 is 10.6 Å². The smallest absolute Gasteiger partial charge is 0.326 e. The Labute approximate surface area is 105 Å². The van der Waals surface area contributed by atoms with E-state index in [0.717, 1.165) is 5.69 Å². The lowest BCUT2D eigenvalue weighted by Crippen LogP contribution is -2.46. The molecule has 0 fully saturated rings. The number of rotatable bonds is 6. The van der Waals surface area contributed by atoms with Gasteiger partial charge >= 0.3 is 12.0 Å². The molecule has 1 atom stereocenters. The van der Waals surface area contributed by atoms with Crippen molar-refractivity contribution < 1.29 is 14.7 Å². The van der Waals surface area contributed by atoms with Gasteiger partial charge in [-0.2, -0.15) is 0 Å². The van der Waals surface area contributed by atoms with E-state index in [0.29, 0.717) is 6.42 Å². The molecular formula is C11H18N4O3. The molecule has 0 aliphatic carbocycles. The summed E-state index contributed by atoms with van der Waals surface area (Å²) >= 11 is 0. The third-order valence-corrected chi connectivity index (χ3v) is 2.30. The van der Waals surface area contributed by atoms with Crippen LogP contribution in [0, 0.1) is 5.92 Å². The summed E-state index contributed by atoms with van der Waals surface area (Å²) in [6.07, 6.45) is 3.49. The Morgan fingerprint density at radius 3 is 2.72 bits per heavy atom. The van der Waals surface area contributed by atoms with Gasteiger partial charge in [0.15, 0.2) is 0 Å². The molecule has 4 N–H and O–H groups in total. The zero-order valence-electron chi connectivity index (χ0n) is 10.4. The van der Waals surface area contributed by atoms with Gasteiger partial charge in [-0.15, -0.1) is 0 Å². The van der Waals surface area contributed by atoms with E-state index >= 15 is 0 Å². The summed E-state index contributed by atoms with van der Waals surface area (Å²) in [5, 5.41) is 13.9. The van der Waals surface area contributed by atoms with Crippen LogP contribution in [0.5, 0.6) is 0 Å². The van der Waals surface area contributed by atoms with Crippen molar-refractivity contribution in [1.29, 1.82) is 0 Å². The van der Waals surface area contributed by atoms with Crippen LogP contribution in [0.25, 0.3) is 0 Å². The molecule has 0 saturated carbocycles. The molecular weight excluding hydrogens is 236 g/mol. The first-order valence-electron chi connectivity index (χ1n) is 5.73. The Morgan fingerprint density at radius 1 is 1.50 bits per heavy atom. The number of hydrogen-bond donors (Lipinski definition) is 4. The van der Waals surface area contributed by atoms with E-state index in [1.54, 1.807) is 6.20 Å². The first-order valence-corrected chi connectivity index (χ1v) is 5.73. The number of aliphatic carboxylic acids is 1. The third kappa shape index (κ3) is 4.86. The summed E-state index contributed by atoms with van der Waals surface area (Å²) in [4.78, 5) is 29.1. The molecule has 1 aromatic rings. The van der Waals surface area contributed by atoms with Gasteiger partial charge in [0, 0.05) is 6.20 Å². The minimum atomic E-state index is -1.03. The highest BCUT2D eigenvalue weighted by Gasteiger charge is 2.20. The van der Waals surface area contributed by atoms with E-state index < -0.39 is 18.0 Å². The molecule has 7 nitrogen and oxygen atoms in total. The quantitative estimate of drug-likeness (QED) is 0.599. The Balaban J connectivity index is 2.39. The predicted octanol–water partition coefficient (Wildman–Crippen LogP) is 0.708. The highest BCUT2D eigenvalue weighted by Crippen LogP contribution is 2.04. The Hall–Kier alpha value is -2.05. The van der Waals surface area contributed by atoms with Crippen molar-refractivity contribution in [3.63, 3.8) is 0 Å². The van der Waals surface area contributed by atoms with E-state index in [-0.39, 0.29) is 12.5 Å². The highest BCUT2D eigenvalue weighted by molar-refractivity contribution is 5.82. The van der Waals surface area contributed by atoms with Crippen LogP contribution in [-0.2, 0) is 11.3 Å². The molecule has 0 saturated heterocycles. The van der Waals surface area contributed by atoms with Crippen molar-refractivity contribution in [3.05, 3.63) is 18.2 Å². The second-order valence-electron chi connectivity index (χ2n) is 4.42. The van der Waals surface area contributed by atoms with E-state index in [2.05, 4.69) is 20.6 Å². The van der Waals surface area contributed by atoms with Crippen LogP contribution in [0.2, 0.25) is 0 Å². The number of carboxylic acid groups (broad SMARTS) is 1. The van der Waals surface area contributed by atoms with Crippen LogP contribution in [0.3, 0.4) is 0 Å². The maximum absolute atomic E-state index is 11.5. The SMILES string of the molecule is CC(C)C[C@@H](NC(=O)NCc1cnc[nH]1)C(=O)O. The molecule has 0 aliphatic rings. The second kappa shape index (κ2) is 6.63. The molecule has 0 unspecified atom stereocenters. The Bertz CT molecular complexity index is 389. The average molecular weight is 254 g/mol. The lowest BCUT2D eigenvalue weighted by atomic mass is 10.0. The first kappa shape index (κ1) is 14.0. The lowest BCUT2D eigenvalue weighted by Gasteiger charge is -2.16. The molecule has 0 spiro atoms. The number of carbonyl (C=O) groups excluding carboxylic acids is 1. The Morgan fingerprint density at radius 2 is 2.22 bits per heavy atom. The van der Waals surface area contributed by atoms with Crippen molar-refractivity contribution in [3.8, 4) is 0 Å². The van der Waals surface area contributed by atoms with Crippen LogP contribution in [0.4, 0.5) is 4.79 Å². The van der Waals surface area contributed by atoms with Gasteiger partial charge in [0.05, 0.1) is 18.6 Å². The maximum Gasteiger partial charge on any atom is 0.326 e. The van der Waals surface area contributed by atoms with Gasteiger partial charge in [-0.1, -0.05) is 13.8 Å². The van der Waals surface area contributed by atoms with Gasteiger partial charge in [-0.05, 0) is 12.3 Å². The number of urea groups is 1. The topological polar surface area (TPSA) is 107 Å². The van der Waals surface area contributed by atoms with Crippen molar-refractivity contribution >= 4 is 12.0 Å². The minimum absolute atomic E-state index is 0.194. The number of imidazole rings is 1. The molecule has 18 heavy (non-hydrogen) atoms. The number of amides is 2. The van der Waals surface area contributed by atoms with Gasteiger partial charge in [0.1, 0.15) is 6.04 Å². The number of aromatic amines is 1. The molecule has 0 radical (unpaired) electrons. The third-order valence-electron chi connectivity index (χ3n) is 2.30. The zero-order chi connectivity index (χ0) is 13.5. The van der Waals surface area contributed by atoms with Gasteiger partial charge < -0.3 is 20.7 Å². The van der Waals surface area contributed by atoms with E-state index in [4.69, 9.17) is 5.11 Å². The number of H-pyrrole nitrogens is 1. The second-order valence-corrected chi connectivity index (χ2v) is 4.42. The number of nitrogens with one attached hydrogen (secondary N) is 3. The summed E-state index contributed by atoms with van der Waals surface area (Å²) in [6, 6.07) is -1.37. The molecule has 1 aromatic heterocycles. The zero-order valence-corrected chi connectivity index (χ0v) is 10.4. The van der Waals surface area contributed by atoms with Crippen molar-refractivity contribution in [1.82, 2.24) is 20.6 Å². The number of nitrogens with zero attached hydrogens (tertiary/aromatic N) is 1. The van der Waals surface area contributed by atoms with E-state index in [1.165, 1.54) is 6.33 Å². The largest absolute Gasteiger partial charge is 0.480 e. The predicted molar refractivity (Wildman–Crippen MR) is 64.8 cm³/mol. The van der Waals surface area contributed by atoms with Gasteiger partial charge in [0.25, 0.3) is 0 Å². The van der Waals surface area contributed by atoms with Crippen molar-refractivity contribution in [2.45, 2.75) is 32.9 Å². The molecule has 7 heteroatoms. The first-order chi connectivity index (χ1) is 8.49. The summed E-state index contributed by atoms with van der Waals surface area (Å²) in [5.74, 6) is -0.834. The maximum atomic E-state index is 11.5. The molecule has 1 heterocycles. The molecule has 1 rings (SSSR count). The average Bonchev–Trinajstić information content (AvgIpc) is 2.77. The van der Waals surface area contributed by atoms with Crippen molar-refractivity contribution in [2.75, 3.05) is 0 Å². The number of carboxylic acids is 1. The van der Waals surface area contributed by atoms with Gasteiger partial charge in [0.2, 0.25) is 0 Å². The molecule has 2 amide bonds. The molecule has 0 aromatic carbocycles. The fraction of sp³-hybridized carbons (Fsp3) is 0.545. The molecule has 0 aliphatic heterocycles. The highest BCUT2D eigenvalue weighted by atomic mass is 16.4. The normalized spacial score (nSPS) is 12.2. The van der Waals surface area contributed by atoms with E-state index in [1.807, 2.05) is 13.8 Å². The Kier molecular flexibility index (Phi) is 5.16. The van der Waals surface area contributed by atoms with Crippen molar-refractivity contribution in [2.24, 2.45) is 5.92 Å². The van der Waals surface area contributed by atoms with E-state index in [9.17, 15) is 9.59 Å². The van der Waals surface area contributed by atoms with Crippen LogP contribution >= 0.6 is 0 Å². The minimum Gasteiger partial charge on any atom is -0.480 e.